The number of aryl methyl sites for hydroxylation is 1. The maximum atomic E-state index is 13.6. The van der Waals surface area contributed by atoms with Crippen molar-refractivity contribution < 1.29 is 22.7 Å². The number of methoxy groups -OCH3 is 2. The summed E-state index contributed by atoms with van der Waals surface area (Å²) in [4.78, 5) is 16.3. The first kappa shape index (κ1) is 25.3. The average Bonchev–Trinajstić information content (AvgIpc) is 3.33. The SMILES string of the molecule is COC(=O)CCc1cn(S(=O)(=O)c2ccc(CNc3cc4ccccc4cn3)cc2)c2ccc(OC)cc12. The zero-order valence-corrected chi connectivity index (χ0v) is 21.9. The van der Waals surface area contributed by atoms with E-state index in [-0.39, 0.29) is 17.3 Å². The van der Waals surface area contributed by atoms with Gasteiger partial charge in [-0.1, -0.05) is 36.4 Å². The molecule has 0 saturated carbocycles. The Labute approximate surface area is 220 Å². The summed E-state index contributed by atoms with van der Waals surface area (Å²) in [7, 11) is -1.01. The summed E-state index contributed by atoms with van der Waals surface area (Å²) in [6, 6.07) is 22.0. The van der Waals surface area contributed by atoms with Crippen molar-refractivity contribution in [2.45, 2.75) is 24.3 Å². The first-order valence-electron chi connectivity index (χ1n) is 12.1. The minimum Gasteiger partial charge on any atom is -0.497 e. The minimum atomic E-state index is -3.89. The number of hydrogen-bond acceptors (Lipinski definition) is 7. The van der Waals surface area contributed by atoms with E-state index in [0.29, 0.717) is 29.6 Å². The molecule has 5 aromatic rings. The van der Waals surface area contributed by atoms with Gasteiger partial charge < -0.3 is 14.8 Å². The molecule has 0 atom stereocenters. The molecule has 0 amide bonds. The van der Waals surface area contributed by atoms with Gasteiger partial charge in [0.2, 0.25) is 0 Å². The van der Waals surface area contributed by atoms with Gasteiger partial charge in [0, 0.05) is 36.1 Å². The third kappa shape index (κ3) is 5.05. The fourth-order valence-corrected chi connectivity index (χ4v) is 5.77. The van der Waals surface area contributed by atoms with Gasteiger partial charge in [0.15, 0.2) is 0 Å². The molecule has 8 nitrogen and oxygen atoms in total. The Hall–Kier alpha value is -4.37. The first-order valence-corrected chi connectivity index (χ1v) is 13.5. The van der Waals surface area contributed by atoms with Crippen LogP contribution in [0, 0.1) is 0 Å². The fraction of sp³-hybridized carbons (Fsp3) is 0.172. The molecule has 194 valence electrons. The Kier molecular flexibility index (Phi) is 7.02. The zero-order chi connectivity index (χ0) is 26.7. The van der Waals surface area contributed by atoms with Crippen molar-refractivity contribution in [1.82, 2.24) is 8.96 Å². The van der Waals surface area contributed by atoms with Gasteiger partial charge in [-0.2, -0.15) is 0 Å². The number of esters is 1. The van der Waals surface area contributed by atoms with Crippen LogP contribution in [-0.2, 0) is 32.5 Å². The van der Waals surface area contributed by atoms with E-state index >= 15 is 0 Å². The van der Waals surface area contributed by atoms with Crippen molar-refractivity contribution in [3.63, 3.8) is 0 Å². The Bertz CT molecular complexity index is 1730. The maximum Gasteiger partial charge on any atom is 0.305 e. The van der Waals surface area contributed by atoms with Crippen molar-refractivity contribution in [1.29, 1.82) is 0 Å². The van der Waals surface area contributed by atoms with Gasteiger partial charge in [-0.25, -0.2) is 17.4 Å². The van der Waals surface area contributed by atoms with E-state index in [1.807, 2.05) is 36.5 Å². The smallest absolute Gasteiger partial charge is 0.305 e. The summed E-state index contributed by atoms with van der Waals surface area (Å²) >= 11 is 0. The molecule has 38 heavy (non-hydrogen) atoms. The van der Waals surface area contributed by atoms with Crippen LogP contribution < -0.4 is 10.1 Å². The number of benzene rings is 3. The van der Waals surface area contributed by atoms with Crippen LogP contribution in [0.4, 0.5) is 5.82 Å². The van der Waals surface area contributed by atoms with Gasteiger partial charge in [-0.05, 0) is 59.3 Å². The molecular weight excluding hydrogens is 502 g/mol. The molecule has 0 saturated heterocycles. The lowest BCUT2D eigenvalue weighted by atomic mass is 10.1. The van der Waals surface area contributed by atoms with E-state index in [1.165, 1.54) is 11.1 Å². The number of anilines is 1. The molecular formula is C29H27N3O5S. The molecule has 0 aliphatic heterocycles. The number of fused-ring (bicyclic) bond motifs is 2. The molecule has 5 rings (SSSR count). The van der Waals surface area contributed by atoms with Gasteiger partial charge in [0.1, 0.15) is 11.6 Å². The lowest BCUT2D eigenvalue weighted by molar-refractivity contribution is -0.140. The molecule has 0 fully saturated rings. The lowest BCUT2D eigenvalue weighted by Crippen LogP contribution is -2.12. The summed E-state index contributed by atoms with van der Waals surface area (Å²) in [6.45, 7) is 0.496. The van der Waals surface area contributed by atoms with Crippen molar-refractivity contribution >= 4 is 43.5 Å². The van der Waals surface area contributed by atoms with Crippen molar-refractivity contribution in [3.8, 4) is 5.75 Å². The first-order chi connectivity index (χ1) is 18.4. The summed E-state index contributed by atoms with van der Waals surface area (Å²) in [5.41, 5.74) is 2.15. The van der Waals surface area contributed by atoms with E-state index in [9.17, 15) is 13.2 Å². The predicted molar refractivity (Wildman–Crippen MR) is 147 cm³/mol. The Morgan fingerprint density at radius 1 is 0.974 bits per heavy atom. The van der Waals surface area contributed by atoms with Gasteiger partial charge >= 0.3 is 5.97 Å². The van der Waals surface area contributed by atoms with E-state index in [2.05, 4.69) is 10.3 Å². The van der Waals surface area contributed by atoms with Crippen LogP contribution in [0.15, 0.2) is 90.1 Å². The molecule has 0 bridgehead atoms. The van der Waals surface area contributed by atoms with Crippen molar-refractivity contribution in [3.05, 3.63) is 96.3 Å². The molecule has 0 aliphatic carbocycles. The van der Waals surface area contributed by atoms with Gasteiger partial charge in [0.05, 0.1) is 24.6 Å². The fourth-order valence-electron chi connectivity index (χ4n) is 4.37. The average molecular weight is 530 g/mol. The van der Waals surface area contributed by atoms with Crippen LogP contribution in [-0.4, -0.2) is 37.6 Å². The largest absolute Gasteiger partial charge is 0.497 e. The Morgan fingerprint density at radius 2 is 1.74 bits per heavy atom. The molecule has 9 heteroatoms. The monoisotopic (exact) mass is 529 g/mol. The molecule has 0 radical (unpaired) electrons. The molecule has 0 unspecified atom stereocenters. The van der Waals surface area contributed by atoms with E-state index in [0.717, 1.165) is 27.7 Å². The highest BCUT2D eigenvalue weighted by Gasteiger charge is 2.22. The number of carbonyl (C=O) groups is 1. The molecule has 1 N–H and O–H groups in total. The van der Waals surface area contributed by atoms with Gasteiger partial charge in [-0.3, -0.25) is 4.79 Å². The summed E-state index contributed by atoms with van der Waals surface area (Å²) < 4.78 is 38.6. The number of aromatic nitrogens is 2. The second-order valence-electron chi connectivity index (χ2n) is 8.83. The van der Waals surface area contributed by atoms with Crippen LogP contribution in [0.1, 0.15) is 17.5 Å². The minimum absolute atomic E-state index is 0.140. The van der Waals surface area contributed by atoms with Crippen molar-refractivity contribution in [2.24, 2.45) is 0 Å². The van der Waals surface area contributed by atoms with Crippen LogP contribution in [0.3, 0.4) is 0 Å². The number of ether oxygens (including phenoxy) is 2. The normalized spacial score (nSPS) is 11.5. The summed E-state index contributed by atoms with van der Waals surface area (Å²) in [6.07, 6.45) is 3.87. The number of hydrogen-bond donors (Lipinski definition) is 1. The van der Waals surface area contributed by atoms with E-state index in [1.54, 1.807) is 55.8 Å². The quantitative estimate of drug-likeness (QED) is 0.264. The third-order valence-corrected chi connectivity index (χ3v) is 8.16. The van der Waals surface area contributed by atoms with E-state index in [4.69, 9.17) is 9.47 Å². The molecule has 2 aromatic heterocycles. The van der Waals surface area contributed by atoms with Crippen LogP contribution in [0.25, 0.3) is 21.7 Å². The second kappa shape index (κ2) is 10.5. The molecule has 0 spiro atoms. The molecule has 3 aromatic carbocycles. The Balaban J connectivity index is 1.39. The highest BCUT2D eigenvalue weighted by Crippen LogP contribution is 2.30. The second-order valence-corrected chi connectivity index (χ2v) is 10.6. The number of rotatable bonds is 9. The molecule has 0 aliphatic rings. The van der Waals surface area contributed by atoms with Gasteiger partial charge in [-0.15, -0.1) is 0 Å². The highest BCUT2D eigenvalue weighted by molar-refractivity contribution is 7.90. The highest BCUT2D eigenvalue weighted by atomic mass is 32.2. The maximum absolute atomic E-state index is 13.6. The van der Waals surface area contributed by atoms with Crippen molar-refractivity contribution in [2.75, 3.05) is 19.5 Å². The zero-order valence-electron chi connectivity index (χ0n) is 21.0. The summed E-state index contributed by atoms with van der Waals surface area (Å²) in [5.74, 6) is 0.985. The lowest BCUT2D eigenvalue weighted by Gasteiger charge is -2.10. The molecule has 2 heterocycles. The standard InChI is InChI=1S/C29H27N3O5S/c1-36-24-10-13-27-26(16-24)23(9-14-29(33)37-2)19-32(27)38(34,35)25-11-7-20(8-12-25)17-30-28-15-21-5-3-4-6-22(21)18-31-28/h3-8,10-13,15-16,18-19H,9,14,17H2,1-2H3,(H,30,31). The number of nitrogens with zero attached hydrogens (tertiary/aromatic N) is 2. The number of nitrogens with one attached hydrogen (secondary N) is 1. The predicted octanol–water partition coefficient (Wildman–Crippen LogP) is 5.15. The third-order valence-electron chi connectivity index (χ3n) is 6.47. The van der Waals surface area contributed by atoms with Gasteiger partial charge in [0.25, 0.3) is 10.0 Å². The topological polar surface area (TPSA) is 99.5 Å². The van der Waals surface area contributed by atoms with Crippen LogP contribution in [0.2, 0.25) is 0 Å². The van der Waals surface area contributed by atoms with Crippen LogP contribution in [0.5, 0.6) is 5.75 Å². The Morgan fingerprint density at radius 3 is 2.47 bits per heavy atom. The number of carbonyl (C=O) groups excluding carboxylic acids is 1. The number of pyridine rings is 1. The summed E-state index contributed by atoms with van der Waals surface area (Å²) in [5, 5.41) is 6.16. The van der Waals surface area contributed by atoms with Crippen LogP contribution >= 0.6 is 0 Å². The van der Waals surface area contributed by atoms with E-state index < -0.39 is 10.0 Å².